The number of hydrogen-bond donors (Lipinski definition) is 1. The zero-order valence-electron chi connectivity index (χ0n) is 19.8. The summed E-state index contributed by atoms with van der Waals surface area (Å²) in [6.07, 6.45) is 4.54. The molecule has 184 valence electrons. The smallest absolute Gasteiger partial charge is 0.262 e. The minimum Gasteiger partial charge on any atom is -0.497 e. The van der Waals surface area contributed by atoms with Gasteiger partial charge in [-0.3, -0.25) is 4.72 Å². The Hall–Kier alpha value is -2.81. The number of fused-ring (bicyclic) bond motifs is 2. The zero-order valence-corrected chi connectivity index (χ0v) is 22.3. The molecule has 2 heterocycles. The molecule has 2 atom stereocenters. The van der Waals surface area contributed by atoms with Crippen molar-refractivity contribution < 1.29 is 13.2 Å². The van der Waals surface area contributed by atoms with E-state index >= 15 is 0 Å². The normalized spacial score (nSPS) is 19.9. The van der Waals surface area contributed by atoms with Gasteiger partial charge in [0.25, 0.3) is 10.0 Å². The number of nitrogens with one attached hydrogen (secondary N) is 1. The van der Waals surface area contributed by atoms with E-state index < -0.39 is 10.0 Å². The van der Waals surface area contributed by atoms with Crippen LogP contribution in [0.15, 0.2) is 82.7 Å². The molecular formula is C28H26N2O3S3. The number of thioether (sulfide) groups is 1. The predicted octanol–water partition coefficient (Wildman–Crippen LogP) is 6.92. The molecule has 1 aliphatic carbocycles. The van der Waals surface area contributed by atoms with Crippen molar-refractivity contribution in [3.8, 4) is 16.9 Å². The Labute approximate surface area is 219 Å². The maximum atomic E-state index is 13.5. The van der Waals surface area contributed by atoms with E-state index in [0.29, 0.717) is 11.2 Å². The maximum absolute atomic E-state index is 13.5. The van der Waals surface area contributed by atoms with Crippen molar-refractivity contribution in [3.05, 3.63) is 82.8 Å². The van der Waals surface area contributed by atoms with Gasteiger partial charge in [-0.25, -0.2) is 13.4 Å². The fourth-order valence-corrected chi connectivity index (χ4v) is 9.10. The second kappa shape index (κ2) is 9.57. The fourth-order valence-electron chi connectivity index (χ4n) is 5.06. The number of ether oxygens (including phenoxy) is 1. The lowest BCUT2D eigenvalue weighted by Gasteiger charge is -2.25. The monoisotopic (exact) mass is 534 g/mol. The van der Waals surface area contributed by atoms with Crippen LogP contribution in [0.1, 0.15) is 30.7 Å². The number of allylic oxidation sites excluding steroid dienone is 1. The van der Waals surface area contributed by atoms with Gasteiger partial charge in [-0.2, -0.15) is 0 Å². The third-order valence-corrected chi connectivity index (χ3v) is 10.9. The lowest BCUT2D eigenvalue weighted by atomic mass is 9.84. The van der Waals surface area contributed by atoms with Crippen LogP contribution < -0.4 is 9.46 Å². The molecule has 0 spiro atoms. The van der Waals surface area contributed by atoms with Gasteiger partial charge in [0.15, 0.2) is 0 Å². The van der Waals surface area contributed by atoms with Gasteiger partial charge in [0.05, 0.1) is 27.3 Å². The van der Waals surface area contributed by atoms with Gasteiger partial charge in [0.2, 0.25) is 0 Å². The first-order valence-electron chi connectivity index (χ1n) is 12.1. The van der Waals surface area contributed by atoms with Crippen molar-refractivity contribution in [1.29, 1.82) is 0 Å². The molecule has 1 saturated carbocycles. The number of methoxy groups -OCH3 is 1. The van der Waals surface area contributed by atoms with Gasteiger partial charge in [-0.15, -0.1) is 23.1 Å². The first kappa shape index (κ1) is 23.6. The Morgan fingerprint density at radius 3 is 2.33 bits per heavy atom. The van der Waals surface area contributed by atoms with Crippen molar-refractivity contribution >= 4 is 48.9 Å². The molecule has 3 aromatic carbocycles. The highest BCUT2D eigenvalue weighted by Gasteiger charge is 2.40. The van der Waals surface area contributed by atoms with Crippen LogP contribution in [0.2, 0.25) is 0 Å². The minimum absolute atomic E-state index is 0.256. The Morgan fingerprint density at radius 1 is 0.917 bits per heavy atom. The average Bonchev–Trinajstić information content (AvgIpc) is 3.49. The molecule has 0 saturated heterocycles. The highest BCUT2D eigenvalue weighted by atomic mass is 32.2. The molecule has 5 nitrogen and oxygen atoms in total. The summed E-state index contributed by atoms with van der Waals surface area (Å²) in [5.41, 5.74) is 3.99. The minimum atomic E-state index is -3.74. The van der Waals surface area contributed by atoms with Crippen LogP contribution in [0.25, 0.3) is 26.9 Å². The van der Waals surface area contributed by atoms with Gasteiger partial charge >= 0.3 is 0 Å². The van der Waals surface area contributed by atoms with Crippen LogP contribution in [-0.2, 0) is 10.0 Å². The van der Waals surface area contributed by atoms with Gasteiger partial charge in [-0.1, -0.05) is 49.2 Å². The molecule has 4 aromatic rings. The van der Waals surface area contributed by atoms with Gasteiger partial charge in [0.1, 0.15) is 10.8 Å². The Morgan fingerprint density at radius 2 is 1.61 bits per heavy atom. The highest BCUT2D eigenvalue weighted by molar-refractivity contribution is 8.05. The number of hydrogen-bond acceptors (Lipinski definition) is 6. The molecule has 6 rings (SSSR count). The molecule has 36 heavy (non-hydrogen) atoms. The first-order valence-corrected chi connectivity index (χ1v) is 15.2. The van der Waals surface area contributed by atoms with Crippen LogP contribution in [0.3, 0.4) is 0 Å². The van der Waals surface area contributed by atoms with Crippen molar-refractivity contribution in [3.63, 3.8) is 0 Å². The summed E-state index contributed by atoms with van der Waals surface area (Å²) in [5.74, 6) is 1.12. The molecule has 0 amide bonds. The van der Waals surface area contributed by atoms with E-state index in [0.717, 1.165) is 55.5 Å². The Bertz CT molecular complexity index is 1510. The zero-order chi connectivity index (χ0) is 24.7. The summed E-state index contributed by atoms with van der Waals surface area (Å²) in [6.45, 7) is 0. The molecule has 2 aliphatic rings. The highest BCUT2D eigenvalue weighted by Crippen LogP contribution is 2.53. The largest absolute Gasteiger partial charge is 0.497 e. The number of sulfonamides is 1. The molecule has 0 bridgehead atoms. The van der Waals surface area contributed by atoms with E-state index in [-0.39, 0.29) is 4.90 Å². The molecule has 1 aliphatic heterocycles. The van der Waals surface area contributed by atoms with Crippen LogP contribution in [-0.4, -0.2) is 25.8 Å². The number of para-hydroxylation sites is 1. The summed E-state index contributed by atoms with van der Waals surface area (Å²) in [6, 6.07) is 22.9. The topological polar surface area (TPSA) is 68.3 Å². The van der Waals surface area contributed by atoms with Crippen LogP contribution >= 0.6 is 23.1 Å². The Kier molecular flexibility index (Phi) is 6.27. The fraction of sp³-hybridized carbons (Fsp3) is 0.250. The van der Waals surface area contributed by atoms with Gasteiger partial charge in [-0.05, 0) is 60.4 Å². The van der Waals surface area contributed by atoms with Gasteiger partial charge in [0, 0.05) is 16.7 Å². The molecule has 1 N–H and O–H groups in total. The van der Waals surface area contributed by atoms with E-state index in [1.54, 1.807) is 42.3 Å². The summed E-state index contributed by atoms with van der Waals surface area (Å²) in [4.78, 5) is 5.16. The molecule has 1 fully saturated rings. The molecule has 8 heteroatoms. The summed E-state index contributed by atoms with van der Waals surface area (Å²) < 4.78 is 36.3. The lowest BCUT2D eigenvalue weighted by molar-refractivity contribution is 0.415. The average molecular weight is 535 g/mol. The molecule has 1 aromatic heterocycles. The van der Waals surface area contributed by atoms with Crippen LogP contribution in [0.4, 0.5) is 0 Å². The molecule has 2 unspecified atom stereocenters. The van der Waals surface area contributed by atoms with Crippen molar-refractivity contribution in [2.45, 2.75) is 35.8 Å². The second-order valence-corrected chi connectivity index (χ2v) is 13.1. The van der Waals surface area contributed by atoms with Crippen LogP contribution in [0.5, 0.6) is 5.75 Å². The van der Waals surface area contributed by atoms with Crippen LogP contribution in [0, 0.1) is 5.92 Å². The number of rotatable bonds is 6. The summed E-state index contributed by atoms with van der Waals surface area (Å²) in [5, 5.41) is 2.08. The van der Waals surface area contributed by atoms with Crippen molar-refractivity contribution in [2.24, 2.45) is 5.92 Å². The molecule has 0 radical (unpaired) electrons. The number of benzene rings is 3. The van der Waals surface area contributed by atoms with E-state index in [2.05, 4.69) is 10.8 Å². The lowest BCUT2D eigenvalue weighted by Crippen LogP contribution is -2.22. The van der Waals surface area contributed by atoms with Gasteiger partial charge < -0.3 is 4.74 Å². The number of nitrogens with zero attached hydrogens (tertiary/aromatic N) is 1. The third kappa shape index (κ3) is 4.42. The van der Waals surface area contributed by atoms with E-state index in [9.17, 15) is 8.42 Å². The standard InChI is InChI=1S/C28H26N2O3S3/c1-33-20-14-10-18(11-15-20)19-12-16-21(17-13-19)36(31,32)30-28-26(22-6-2-4-8-24(22)34-28)27-29-23-7-3-5-9-25(23)35-27/h3,5,7,9-17,22,24,30H,2,4,6,8H2,1H3. The van der Waals surface area contributed by atoms with Crippen molar-refractivity contribution in [2.75, 3.05) is 7.11 Å². The second-order valence-electron chi connectivity index (χ2n) is 9.14. The quantitative estimate of drug-likeness (QED) is 0.291. The third-order valence-electron chi connectivity index (χ3n) is 6.93. The number of thiazole rings is 1. The maximum Gasteiger partial charge on any atom is 0.262 e. The van der Waals surface area contributed by atoms with E-state index in [1.165, 1.54) is 12.8 Å². The van der Waals surface area contributed by atoms with E-state index in [4.69, 9.17) is 9.72 Å². The van der Waals surface area contributed by atoms with E-state index in [1.807, 2.05) is 54.6 Å². The summed E-state index contributed by atoms with van der Waals surface area (Å²) in [7, 11) is -2.10. The predicted molar refractivity (Wildman–Crippen MR) is 149 cm³/mol. The first-order chi connectivity index (χ1) is 17.5. The van der Waals surface area contributed by atoms with Crippen molar-refractivity contribution in [1.82, 2.24) is 9.71 Å². The number of aromatic nitrogens is 1. The Balaban J connectivity index is 1.32. The molecular weight excluding hydrogens is 509 g/mol. The summed E-state index contributed by atoms with van der Waals surface area (Å²) >= 11 is 3.33. The SMILES string of the molecule is COc1ccc(-c2ccc(S(=O)(=O)NC3=C(c4nc5ccccc5s4)C4CCCCC4S3)cc2)cc1.